The van der Waals surface area contributed by atoms with Gasteiger partial charge in [-0.05, 0) is 36.4 Å². The molecule has 0 atom stereocenters. The number of nitrogens with zero attached hydrogens (tertiary/aromatic N) is 2. The Morgan fingerprint density at radius 2 is 1.92 bits per heavy atom. The van der Waals surface area contributed by atoms with Crippen molar-refractivity contribution in [3.63, 3.8) is 0 Å². The number of aliphatic imine (C=N–C) groups is 1. The molecule has 130 valence electrons. The number of sulfonamides is 1. The first kappa shape index (κ1) is 17.4. The summed E-state index contributed by atoms with van der Waals surface area (Å²) in [6.45, 7) is 1.02. The van der Waals surface area contributed by atoms with Crippen molar-refractivity contribution in [2.75, 3.05) is 24.1 Å². The maximum absolute atomic E-state index is 12.8. The van der Waals surface area contributed by atoms with Crippen molar-refractivity contribution in [2.45, 2.75) is 0 Å². The van der Waals surface area contributed by atoms with E-state index >= 15 is 0 Å². The molecule has 3 rings (SSSR count). The molecule has 6 nitrogen and oxygen atoms in total. The lowest BCUT2D eigenvalue weighted by atomic mass is 10.1. The molecule has 1 aliphatic rings. The fourth-order valence-corrected chi connectivity index (χ4v) is 3.32. The lowest BCUT2D eigenvalue weighted by Gasteiger charge is -2.19. The van der Waals surface area contributed by atoms with Crippen LogP contribution in [0.5, 0.6) is 0 Å². The van der Waals surface area contributed by atoms with E-state index in [4.69, 9.17) is 11.6 Å². The van der Waals surface area contributed by atoms with E-state index < -0.39 is 10.0 Å². The second kappa shape index (κ2) is 6.85. The van der Waals surface area contributed by atoms with E-state index in [1.807, 2.05) is 12.1 Å². The minimum atomic E-state index is -3.35. The van der Waals surface area contributed by atoms with Crippen molar-refractivity contribution in [3.05, 3.63) is 64.7 Å². The third kappa shape index (κ3) is 4.18. The number of rotatable bonds is 4. The Balaban J connectivity index is 1.82. The zero-order chi connectivity index (χ0) is 18.0. The summed E-state index contributed by atoms with van der Waals surface area (Å²) in [5, 5.41) is 0.579. The van der Waals surface area contributed by atoms with Crippen LogP contribution < -0.4 is 4.72 Å². The van der Waals surface area contributed by atoms with Gasteiger partial charge in [0.2, 0.25) is 10.0 Å². The Hall–Kier alpha value is -2.38. The molecule has 0 bridgehead atoms. The number of anilines is 1. The summed E-state index contributed by atoms with van der Waals surface area (Å²) in [4.78, 5) is 18.8. The van der Waals surface area contributed by atoms with Crippen LogP contribution in [-0.2, 0) is 10.0 Å². The van der Waals surface area contributed by atoms with Crippen molar-refractivity contribution < 1.29 is 13.2 Å². The van der Waals surface area contributed by atoms with Gasteiger partial charge in [0.25, 0.3) is 5.91 Å². The van der Waals surface area contributed by atoms with Crippen LogP contribution in [0.1, 0.15) is 15.9 Å². The average molecular weight is 378 g/mol. The summed E-state index contributed by atoms with van der Waals surface area (Å²) in [5.41, 5.74) is 1.65. The second-order valence-corrected chi connectivity index (χ2v) is 7.81. The molecule has 0 saturated carbocycles. The topological polar surface area (TPSA) is 78.8 Å². The van der Waals surface area contributed by atoms with Crippen LogP contribution in [0, 0.1) is 0 Å². The summed E-state index contributed by atoms with van der Waals surface area (Å²) in [6, 6.07) is 13.5. The molecule has 25 heavy (non-hydrogen) atoms. The molecule has 1 amide bonds. The monoisotopic (exact) mass is 377 g/mol. The van der Waals surface area contributed by atoms with Gasteiger partial charge in [0.05, 0.1) is 12.8 Å². The SMILES string of the molecule is CS(=O)(=O)Nc1ccc(C(=O)N2CCN=C2c2cccc(Cl)c2)cc1. The van der Waals surface area contributed by atoms with Crippen LogP contribution in [0.15, 0.2) is 53.5 Å². The van der Waals surface area contributed by atoms with Crippen molar-refractivity contribution in [2.24, 2.45) is 4.99 Å². The highest BCUT2D eigenvalue weighted by Crippen LogP contribution is 2.19. The predicted octanol–water partition coefficient (Wildman–Crippen LogP) is 2.61. The molecule has 0 radical (unpaired) electrons. The van der Waals surface area contributed by atoms with Crippen molar-refractivity contribution >= 4 is 39.1 Å². The number of hydrogen-bond acceptors (Lipinski definition) is 4. The molecule has 1 heterocycles. The fraction of sp³-hybridized carbons (Fsp3) is 0.176. The molecule has 2 aromatic rings. The molecule has 0 aliphatic carbocycles. The van der Waals surface area contributed by atoms with Gasteiger partial charge >= 0.3 is 0 Å². The minimum absolute atomic E-state index is 0.192. The zero-order valence-electron chi connectivity index (χ0n) is 13.4. The van der Waals surface area contributed by atoms with Crippen LogP contribution in [0.2, 0.25) is 5.02 Å². The third-order valence-corrected chi connectivity index (χ3v) is 4.45. The number of amidine groups is 1. The quantitative estimate of drug-likeness (QED) is 0.889. The summed E-state index contributed by atoms with van der Waals surface area (Å²) in [5.74, 6) is 0.396. The molecule has 0 fully saturated rings. The van der Waals surface area contributed by atoms with Gasteiger partial charge in [-0.3, -0.25) is 19.4 Å². The molecule has 0 aromatic heterocycles. The zero-order valence-corrected chi connectivity index (χ0v) is 15.0. The van der Waals surface area contributed by atoms with Gasteiger partial charge in [0, 0.05) is 28.4 Å². The van der Waals surface area contributed by atoms with E-state index in [1.54, 1.807) is 41.3 Å². The van der Waals surface area contributed by atoms with Crippen molar-refractivity contribution in [1.29, 1.82) is 0 Å². The number of nitrogens with one attached hydrogen (secondary N) is 1. The highest BCUT2D eigenvalue weighted by molar-refractivity contribution is 7.92. The standard InChI is InChI=1S/C17H16ClN3O3S/c1-25(23,24)20-15-7-5-12(6-8-15)17(22)21-10-9-19-16(21)13-3-2-4-14(18)11-13/h2-8,11,20H,9-10H2,1H3. The van der Waals surface area contributed by atoms with Gasteiger partial charge < -0.3 is 0 Å². The maximum Gasteiger partial charge on any atom is 0.259 e. The minimum Gasteiger partial charge on any atom is -0.291 e. The number of benzene rings is 2. The summed E-state index contributed by atoms with van der Waals surface area (Å²) < 4.78 is 24.9. The van der Waals surface area contributed by atoms with E-state index in [-0.39, 0.29) is 5.91 Å². The van der Waals surface area contributed by atoms with E-state index in [2.05, 4.69) is 9.71 Å². The van der Waals surface area contributed by atoms with E-state index in [9.17, 15) is 13.2 Å². The number of amides is 1. The van der Waals surface area contributed by atoms with Crippen molar-refractivity contribution in [1.82, 2.24) is 4.90 Å². The first-order valence-electron chi connectivity index (χ1n) is 7.53. The Morgan fingerprint density at radius 3 is 2.56 bits per heavy atom. The number of carbonyl (C=O) groups excluding carboxylic acids is 1. The van der Waals surface area contributed by atoms with Crippen molar-refractivity contribution in [3.8, 4) is 0 Å². The Morgan fingerprint density at radius 1 is 1.20 bits per heavy atom. The van der Waals surface area contributed by atoms with Gasteiger partial charge in [0.1, 0.15) is 5.84 Å². The number of hydrogen-bond donors (Lipinski definition) is 1. The number of halogens is 1. The van der Waals surface area contributed by atoms with Gasteiger partial charge in [-0.2, -0.15) is 0 Å². The molecular weight excluding hydrogens is 362 g/mol. The molecule has 0 spiro atoms. The van der Waals surface area contributed by atoms with Crippen LogP contribution in [0.4, 0.5) is 5.69 Å². The highest BCUT2D eigenvalue weighted by atomic mass is 35.5. The Kier molecular flexibility index (Phi) is 4.78. The van der Waals surface area contributed by atoms with Crippen LogP contribution >= 0.6 is 11.6 Å². The molecule has 8 heteroatoms. The lowest BCUT2D eigenvalue weighted by Crippen LogP contribution is -2.34. The molecular formula is C17H16ClN3O3S. The van der Waals surface area contributed by atoms with Gasteiger partial charge in [-0.1, -0.05) is 23.7 Å². The van der Waals surface area contributed by atoms with E-state index in [0.717, 1.165) is 11.8 Å². The second-order valence-electron chi connectivity index (χ2n) is 5.62. The summed E-state index contributed by atoms with van der Waals surface area (Å²) in [7, 11) is -3.35. The summed E-state index contributed by atoms with van der Waals surface area (Å²) >= 11 is 6.02. The number of carbonyl (C=O) groups is 1. The third-order valence-electron chi connectivity index (χ3n) is 3.60. The first-order valence-corrected chi connectivity index (χ1v) is 9.80. The summed E-state index contributed by atoms with van der Waals surface area (Å²) in [6.07, 6.45) is 1.07. The fourth-order valence-electron chi connectivity index (χ4n) is 2.57. The van der Waals surface area contributed by atoms with Gasteiger partial charge in [0.15, 0.2) is 0 Å². The predicted molar refractivity (Wildman–Crippen MR) is 98.8 cm³/mol. The van der Waals surface area contributed by atoms with Gasteiger partial charge in [-0.25, -0.2) is 8.42 Å². The van der Waals surface area contributed by atoms with Crippen LogP contribution in [0.25, 0.3) is 0 Å². The molecule has 1 N–H and O–H groups in total. The highest BCUT2D eigenvalue weighted by Gasteiger charge is 2.26. The van der Waals surface area contributed by atoms with E-state index in [1.165, 1.54) is 0 Å². The smallest absolute Gasteiger partial charge is 0.259 e. The molecule has 0 unspecified atom stereocenters. The Labute approximate surface area is 151 Å². The normalized spacial score (nSPS) is 14.3. The lowest BCUT2D eigenvalue weighted by molar-refractivity contribution is 0.0858. The Bertz CT molecular complexity index is 940. The molecule has 0 saturated heterocycles. The maximum atomic E-state index is 12.8. The molecule has 1 aliphatic heterocycles. The van der Waals surface area contributed by atoms with Crippen LogP contribution in [-0.4, -0.2) is 44.4 Å². The van der Waals surface area contributed by atoms with Gasteiger partial charge in [-0.15, -0.1) is 0 Å². The average Bonchev–Trinajstić information content (AvgIpc) is 3.03. The molecule has 2 aromatic carbocycles. The largest absolute Gasteiger partial charge is 0.291 e. The van der Waals surface area contributed by atoms with Crippen LogP contribution in [0.3, 0.4) is 0 Å². The van der Waals surface area contributed by atoms with E-state index in [0.29, 0.717) is 35.2 Å². The first-order chi connectivity index (χ1) is 11.8.